The Morgan fingerprint density at radius 2 is 1.95 bits per heavy atom. The molecule has 0 amide bonds. The van der Waals surface area contributed by atoms with Crippen molar-refractivity contribution in [1.82, 2.24) is 4.98 Å². The number of aliphatic hydroxyl groups excluding tert-OH is 1. The van der Waals surface area contributed by atoms with Crippen LogP contribution in [0.25, 0.3) is 0 Å². The van der Waals surface area contributed by atoms with Gasteiger partial charge in [0.05, 0.1) is 21.7 Å². The first-order valence-corrected chi connectivity index (χ1v) is 7.75. The average Bonchev–Trinajstić information content (AvgIpc) is 2.68. The molecule has 0 radical (unpaired) electrons. The summed E-state index contributed by atoms with van der Waals surface area (Å²) in [7, 11) is 0. The van der Waals surface area contributed by atoms with Crippen LogP contribution in [0.3, 0.4) is 0 Å². The Labute approximate surface area is 126 Å². The predicted molar refractivity (Wildman–Crippen MR) is 78.3 cm³/mol. The number of thiazole rings is 1. The van der Waals surface area contributed by atoms with E-state index in [1.54, 1.807) is 0 Å². The molecule has 0 fully saturated rings. The molecule has 112 valence electrons. The molecule has 0 saturated carbocycles. The van der Waals surface area contributed by atoms with Crippen LogP contribution in [0.4, 0.5) is 8.78 Å². The lowest BCUT2D eigenvalue weighted by molar-refractivity contribution is 0.102. The van der Waals surface area contributed by atoms with E-state index in [1.807, 2.05) is 0 Å². The van der Waals surface area contributed by atoms with Gasteiger partial charge in [-0.2, -0.15) is 0 Å². The molecule has 1 unspecified atom stereocenters. The lowest BCUT2D eigenvalue weighted by atomic mass is 9.77. The third-order valence-electron chi connectivity index (χ3n) is 3.74. The van der Waals surface area contributed by atoms with Crippen molar-refractivity contribution in [2.75, 3.05) is 0 Å². The number of rotatable bonds is 2. The largest absolute Gasteiger partial charge is 0.387 e. The van der Waals surface area contributed by atoms with Gasteiger partial charge in [-0.3, -0.25) is 0 Å². The van der Waals surface area contributed by atoms with E-state index >= 15 is 0 Å². The zero-order chi connectivity index (χ0) is 15.2. The van der Waals surface area contributed by atoms with Crippen molar-refractivity contribution in [2.45, 2.75) is 39.2 Å². The summed E-state index contributed by atoms with van der Waals surface area (Å²) in [6, 6.07) is 3.51. The number of hydrogen-bond acceptors (Lipinski definition) is 3. The average molecular weight is 309 g/mol. The SMILES string of the molecule is CC1(C)Cc2nc(Cc3cc(F)cc(F)c3)sc2C(O)C1. The van der Waals surface area contributed by atoms with Crippen molar-refractivity contribution in [1.29, 1.82) is 0 Å². The fourth-order valence-corrected chi connectivity index (χ4v) is 4.01. The van der Waals surface area contributed by atoms with Gasteiger partial charge in [-0.1, -0.05) is 13.8 Å². The van der Waals surface area contributed by atoms with Crippen molar-refractivity contribution < 1.29 is 13.9 Å². The molecule has 1 aromatic heterocycles. The molecule has 0 bridgehead atoms. The van der Waals surface area contributed by atoms with Crippen molar-refractivity contribution >= 4 is 11.3 Å². The van der Waals surface area contributed by atoms with E-state index < -0.39 is 17.7 Å². The molecule has 21 heavy (non-hydrogen) atoms. The van der Waals surface area contributed by atoms with Crippen molar-refractivity contribution in [3.63, 3.8) is 0 Å². The van der Waals surface area contributed by atoms with Crippen LogP contribution in [-0.2, 0) is 12.8 Å². The molecule has 1 aromatic carbocycles. The number of hydrogen-bond donors (Lipinski definition) is 1. The van der Waals surface area contributed by atoms with E-state index in [1.165, 1.54) is 23.5 Å². The Kier molecular flexibility index (Phi) is 3.58. The third-order valence-corrected chi connectivity index (χ3v) is 4.94. The van der Waals surface area contributed by atoms with Crippen LogP contribution in [0, 0.1) is 17.0 Å². The first kappa shape index (κ1) is 14.6. The molecule has 0 saturated heterocycles. The zero-order valence-corrected chi connectivity index (χ0v) is 12.8. The highest BCUT2D eigenvalue weighted by atomic mass is 32.1. The van der Waals surface area contributed by atoms with Crippen molar-refractivity contribution in [3.8, 4) is 0 Å². The molecule has 2 aromatic rings. The number of benzene rings is 1. The number of aliphatic hydroxyl groups is 1. The Morgan fingerprint density at radius 3 is 2.62 bits per heavy atom. The molecule has 1 heterocycles. The van der Waals surface area contributed by atoms with Gasteiger partial charge >= 0.3 is 0 Å². The third kappa shape index (κ3) is 3.14. The molecule has 2 nitrogen and oxygen atoms in total. The Hall–Kier alpha value is -1.33. The summed E-state index contributed by atoms with van der Waals surface area (Å²) in [5.74, 6) is -1.15. The van der Waals surface area contributed by atoms with Crippen LogP contribution in [0.1, 0.15) is 47.5 Å². The molecule has 1 atom stereocenters. The maximum Gasteiger partial charge on any atom is 0.126 e. The smallest absolute Gasteiger partial charge is 0.126 e. The van der Waals surface area contributed by atoms with Crippen molar-refractivity contribution in [2.24, 2.45) is 5.41 Å². The molecule has 0 spiro atoms. The quantitative estimate of drug-likeness (QED) is 0.909. The molecule has 0 aliphatic heterocycles. The van der Waals surface area contributed by atoms with E-state index in [-0.39, 0.29) is 5.41 Å². The van der Waals surface area contributed by atoms with E-state index in [4.69, 9.17) is 0 Å². The maximum atomic E-state index is 13.2. The summed E-state index contributed by atoms with van der Waals surface area (Å²) < 4.78 is 26.4. The monoisotopic (exact) mass is 309 g/mol. The Morgan fingerprint density at radius 1 is 1.29 bits per heavy atom. The first-order valence-electron chi connectivity index (χ1n) is 6.94. The van der Waals surface area contributed by atoms with Crippen LogP contribution in [0.5, 0.6) is 0 Å². The van der Waals surface area contributed by atoms with Gasteiger partial charge in [-0.05, 0) is 36.0 Å². The van der Waals surface area contributed by atoms with Gasteiger partial charge in [0, 0.05) is 12.5 Å². The number of halogens is 2. The summed E-state index contributed by atoms with van der Waals surface area (Å²) in [4.78, 5) is 5.47. The van der Waals surface area contributed by atoms with Gasteiger partial charge in [-0.25, -0.2) is 13.8 Å². The normalized spacial score (nSPS) is 20.3. The van der Waals surface area contributed by atoms with E-state index in [0.29, 0.717) is 12.0 Å². The maximum absolute atomic E-state index is 13.2. The molecule has 1 N–H and O–H groups in total. The standard InChI is InChI=1S/C16H17F2NOS/c1-16(2)7-12-15(13(20)8-16)21-14(19-12)5-9-3-10(17)6-11(18)4-9/h3-4,6,13,20H,5,7-8H2,1-2H3. The number of fused-ring (bicyclic) bond motifs is 1. The van der Waals surface area contributed by atoms with Crippen LogP contribution in [0.15, 0.2) is 18.2 Å². The molecule has 3 rings (SSSR count). The number of aromatic nitrogens is 1. The Bertz CT molecular complexity index is 661. The highest BCUT2D eigenvalue weighted by Crippen LogP contribution is 2.43. The van der Waals surface area contributed by atoms with Gasteiger partial charge in [0.15, 0.2) is 0 Å². The van der Waals surface area contributed by atoms with E-state index in [2.05, 4.69) is 18.8 Å². The molecule has 1 aliphatic carbocycles. The fraction of sp³-hybridized carbons (Fsp3) is 0.438. The second-order valence-electron chi connectivity index (χ2n) is 6.43. The minimum atomic E-state index is -0.576. The predicted octanol–water partition coefficient (Wildman–Crippen LogP) is 4.02. The topological polar surface area (TPSA) is 33.1 Å². The van der Waals surface area contributed by atoms with E-state index in [0.717, 1.165) is 34.5 Å². The van der Waals surface area contributed by atoms with Gasteiger partial charge in [0.25, 0.3) is 0 Å². The minimum Gasteiger partial charge on any atom is -0.387 e. The zero-order valence-electron chi connectivity index (χ0n) is 12.0. The van der Waals surface area contributed by atoms with Crippen LogP contribution < -0.4 is 0 Å². The molecule has 5 heteroatoms. The van der Waals surface area contributed by atoms with E-state index in [9.17, 15) is 13.9 Å². The van der Waals surface area contributed by atoms with Gasteiger partial charge in [-0.15, -0.1) is 11.3 Å². The van der Waals surface area contributed by atoms with Crippen molar-refractivity contribution in [3.05, 3.63) is 51.0 Å². The summed E-state index contributed by atoms with van der Waals surface area (Å²) in [6.07, 6.45) is 1.45. The lowest BCUT2D eigenvalue weighted by Gasteiger charge is -2.31. The van der Waals surface area contributed by atoms with Gasteiger partial charge in [0.2, 0.25) is 0 Å². The molecular formula is C16H17F2NOS. The van der Waals surface area contributed by atoms with Crippen LogP contribution >= 0.6 is 11.3 Å². The van der Waals surface area contributed by atoms with Crippen LogP contribution in [0.2, 0.25) is 0 Å². The molecular weight excluding hydrogens is 292 g/mol. The minimum absolute atomic E-state index is 0.0305. The highest BCUT2D eigenvalue weighted by molar-refractivity contribution is 7.11. The Balaban J connectivity index is 1.88. The summed E-state index contributed by atoms with van der Waals surface area (Å²) in [5, 5.41) is 11.0. The lowest BCUT2D eigenvalue weighted by Crippen LogP contribution is -2.24. The van der Waals surface area contributed by atoms with Gasteiger partial charge < -0.3 is 5.11 Å². The first-order chi connectivity index (χ1) is 9.82. The second-order valence-corrected chi connectivity index (χ2v) is 7.55. The summed E-state index contributed by atoms with van der Waals surface area (Å²) in [6.45, 7) is 4.22. The summed E-state index contributed by atoms with van der Waals surface area (Å²) >= 11 is 1.44. The number of nitrogens with zero attached hydrogens (tertiary/aromatic N) is 1. The highest BCUT2D eigenvalue weighted by Gasteiger charge is 2.33. The van der Waals surface area contributed by atoms with Crippen LogP contribution in [-0.4, -0.2) is 10.1 Å². The fourth-order valence-electron chi connectivity index (χ4n) is 2.91. The summed E-state index contributed by atoms with van der Waals surface area (Å²) in [5.41, 5.74) is 1.52. The van der Waals surface area contributed by atoms with Gasteiger partial charge in [0.1, 0.15) is 11.6 Å². The second kappa shape index (κ2) is 5.14. The molecule has 1 aliphatic rings.